The van der Waals surface area contributed by atoms with Gasteiger partial charge in [-0.05, 0) is 48.6 Å². The summed E-state index contributed by atoms with van der Waals surface area (Å²) in [6.45, 7) is 4.58. The van der Waals surface area contributed by atoms with Crippen molar-refractivity contribution in [3.8, 4) is 11.5 Å². The average Bonchev–Trinajstić information content (AvgIpc) is 3.44. The molecule has 1 heterocycles. The molecule has 1 amide bonds. The van der Waals surface area contributed by atoms with Gasteiger partial charge in [-0.15, -0.1) is 10.2 Å². The van der Waals surface area contributed by atoms with E-state index in [2.05, 4.69) is 24.0 Å². The van der Waals surface area contributed by atoms with Crippen molar-refractivity contribution in [3.63, 3.8) is 0 Å². The molecule has 1 aliphatic rings. The Balaban J connectivity index is 1.53. The van der Waals surface area contributed by atoms with E-state index in [0.29, 0.717) is 40.4 Å². The molecule has 0 spiro atoms. The molecule has 0 aliphatic heterocycles. The summed E-state index contributed by atoms with van der Waals surface area (Å²) in [6.07, 6.45) is 2.00. The van der Waals surface area contributed by atoms with Crippen LogP contribution in [0, 0.1) is 0 Å². The Morgan fingerprint density at radius 3 is 2.50 bits per heavy atom. The number of carbonyl (C=O) groups excluding carboxylic acids is 1. The highest BCUT2D eigenvalue weighted by atomic mass is 35.5. The molecule has 1 fully saturated rings. The highest BCUT2D eigenvalue weighted by Gasteiger charge is 2.34. The maximum atomic E-state index is 13.1. The first kappa shape index (κ1) is 18.7. The third kappa shape index (κ3) is 3.94. The first-order valence-electron chi connectivity index (χ1n) is 9.51. The molecule has 0 saturated heterocycles. The predicted molar refractivity (Wildman–Crippen MR) is 108 cm³/mol. The number of amides is 1. The molecule has 2 aromatic carbocycles. The van der Waals surface area contributed by atoms with Crippen LogP contribution in [-0.2, 0) is 6.54 Å². The van der Waals surface area contributed by atoms with Gasteiger partial charge in [-0.2, -0.15) is 0 Å². The van der Waals surface area contributed by atoms with Gasteiger partial charge in [-0.25, -0.2) is 0 Å². The van der Waals surface area contributed by atoms with Crippen molar-refractivity contribution in [2.24, 2.45) is 0 Å². The van der Waals surface area contributed by atoms with E-state index in [0.717, 1.165) is 12.8 Å². The molecule has 5 nitrogen and oxygen atoms in total. The molecule has 1 saturated carbocycles. The van der Waals surface area contributed by atoms with Crippen LogP contribution >= 0.6 is 11.6 Å². The molecule has 1 aliphatic carbocycles. The Bertz CT molecular complexity index is 977. The lowest BCUT2D eigenvalue weighted by Gasteiger charge is -2.21. The van der Waals surface area contributed by atoms with Crippen molar-refractivity contribution in [1.29, 1.82) is 0 Å². The van der Waals surface area contributed by atoms with Crippen LogP contribution in [0.2, 0.25) is 5.02 Å². The van der Waals surface area contributed by atoms with Crippen LogP contribution in [0.15, 0.2) is 52.9 Å². The van der Waals surface area contributed by atoms with E-state index in [1.165, 1.54) is 5.56 Å². The van der Waals surface area contributed by atoms with Gasteiger partial charge < -0.3 is 9.32 Å². The molecule has 0 unspecified atom stereocenters. The van der Waals surface area contributed by atoms with Gasteiger partial charge in [0.05, 0.1) is 17.1 Å². The van der Waals surface area contributed by atoms with Gasteiger partial charge in [0.1, 0.15) is 0 Å². The maximum absolute atomic E-state index is 13.1. The largest absolute Gasteiger partial charge is 0.419 e. The lowest BCUT2D eigenvalue weighted by Crippen LogP contribution is -2.32. The zero-order valence-corrected chi connectivity index (χ0v) is 16.7. The number of nitrogens with zero attached hydrogens (tertiary/aromatic N) is 3. The second-order valence-electron chi connectivity index (χ2n) is 7.42. The Kier molecular flexibility index (Phi) is 5.18. The molecule has 144 valence electrons. The highest BCUT2D eigenvalue weighted by Crippen LogP contribution is 2.31. The van der Waals surface area contributed by atoms with Crippen LogP contribution in [0.4, 0.5) is 0 Å². The van der Waals surface area contributed by atoms with Crippen molar-refractivity contribution >= 4 is 17.5 Å². The SMILES string of the molecule is CC(C)c1ccc(C(=O)N(Cc2nnc(-c3ccccc3Cl)o2)C2CC2)cc1. The quantitative estimate of drug-likeness (QED) is 0.566. The molecule has 4 rings (SSSR count). The normalized spacial score (nSPS) is 13.7. The number of halogens is 1. The van der Waals surface area contributed by atoms with Gasteiger partial charge in [0, 0.05) is 11.6 Å². The van der Waals surface area contributed by atoms with Crippen molar-refractivity contribution in [3.05, 3.63) is 70.6 Å². The zero-order chi connectivity index (χ0) is 19.7. The van der Waals surface area contributed by atoms with Crippen LogP contribution in [-0.4, -0.2) is 27.0 Å². The van der Waals surface area contributed by atoms with Gasteiger partial charge in [0.15, 0.2) is 0 Å². The summed E-state index contributed by atoms with van der Waals surface area (Å²) in [5.74, 6) is 1.21. The lowest BCUT2D eigenvalue weighted by atomic mass is 10.0. The maximum Gasteiger partial charge on any atom is 0.254 e. The van der Waals surface area contributed by atoms with Gasteiger partial charge in [-0.1, -0.05) is 49.7 Å². The summed E-state index contributed by atoms with van der Waals surface area (Å²) in [6, 6.07) is 15.4. The predicted octanol–water partition coefficient (Wildman–Crippen LogP) is 5.32. The summed E-state index contributed by atoms with van der Waals surface area (Å²) in [4.78, 5) is 14.9. The van der Waals surface area contributed by atoms with Gasteiger partial charge in [-0.3, -0.25) is 4.79 Å². The molecular formula is C22H22ClN3O2. The highest BCUT2D eigenvalue weighted by molar-refractivity contribution is 6.33. The third-order valence-electron chi connectivity index (χ3n) is 4.95. The van der Waals surface area contributed by atoms with Gasteiger partial charge in [0.2, 0.25) is 11.8 Å². The van der Waals surface area contributed by atoms with Crippen molar-refractivity contribution in [2.75, 3.05) is 0 Å². The summed E-state index contributed by atoms with van der Waals surface area (Å²) >= 11 is 6.21. The summed E-state index contributed by atoms with van der Waals surface area (Å²) < 4.78 is 5.80. The van der Waals surface area contributed by atoms with E-state index in [9.17, 15) is 4.79 Å². The molecule has 0 N–H and O–H groups in total. The molecular weight excluding hydrogens is 374 g/mol. The second-order valence-corrected chi connectivity index (χ2v) is 7.83. The van der Waals surface area contributed by atoms with E-state index < -0.39 is 0 Å². The van der Waals surface area contributed by atoms with Crippen LogP contribution in [0.3, 0.4) is 0 Å². The van der Waals surface area contributed by atoms with Gasteiger partial charge in [0.25, 0.3) is 5.91 Å². The van der Waals surface area contributed by atoms with E-state index in [1.807, 2.05) is 47.4 Å². The Morgan fingerprint density at radius 2 is 1.86 bits per heavy atom. The fraction of sp³-hybridized carbons (Fsp3) is 0.318. The van der Waals surface area contributed by atoms with E-state index in [-0.39, 0.29) is 11.9 Å². The third-order valence-corrected chi connectivity index (χ3v) is 5.28. The molecule has 28 heavy (non-hydrogen) atoms. The fourth-order valence-corrected chi connectivity index (χ4v) is 3.35. The topological polar surface area (TPSA) is 59.2 Å². The average molecular weight is 396 g/mol. The van der Waals surface area contributed by atoms with Crippen LogP contribution in [0.25, 0.3) is 11.5 Å². The number of benzene rings is 2. The molecule has 1 aromatic heterocycles. The minimum absolute atomic E-state index is 0.00435. The summed E-state index contributed by atoms with van der Waals surface area (Å²) in [7, 11) is 0. The number of aromatic nitrogens is 2. The van der Waals surface area contributed by atoms with Gasteiger partial charge >= 0.3 is 0 Å². The molecule has 0 radical (unpaired) electrons. The first-order chi connectivity index (χ1) is 13.5. The van der Waals surface area contributed by atoms with E-state index in [4.69, 9.17) is 16.0 Å². The Hall–Kier alpha value is -2.66. The number of hydrogen-bond acceptors (Lipinski definition) is 4. The lowest BCUT2D eigenvalue weighted by molar-refractivity contribution is 0.0714. The van der Waals surface area contributed by atoms with E-state index >= 15 is 0 Å². The van der Waals surface area contributed by atoms with Crippen LogP contribution in [0.5, 0.6) is 0 Å². The van der Waals surface area contributed by atoms with Crippen molar-refractivity contribution < 1.29 is 9.21 Å². The van der Waals surface area contributed by atoms with Crippen LogP contribution < -0.4 is 0 Å². The van der Waals surface area contributed by atoms with Crippen LogP contribution in [0.1, 0.15) is 54.4 Å². The van der Waals surface area contributed by atoms with Crippen molar-refractivity contribution in [2.45, 2.75) is 45.2 Å². The molecule has 0 bridgehead atoms. The van der Waals surface area contributed by atoms with E-state index in [1.54, 1.807) is 6.07 Å². The second kappa shape index (κ2) is 7.76. The molecule has 0 atom stereocenters. The summed E-state index contributed by atoms with van der Waals surface area (Å²) in [5.41, 5.74) is 2.59. The standard InChI is InChI=1S/C22H22ClN3O2/c1-14(2)15-7-9-16(10-8-15)22(27)26(17-11-12-17)13-20-24-25-21(28-20)18-5-3-4-6-19(18)23/h3-10,14,17H,11-13H2,1-2H3. The number of carbonyl (C=O) groups is 1. The van der Waals surface area contributed by atoms with Crippen molar-refractivity contribution in [1.82, 2.24) is 15.1 Å². The first-order valence-corrected chi connectivity index (χ1v) is 9.89. The Labute approximate surface area is 169 Å². The fourth-order valence-electron chi connectivity index (χ4n) is 3.14. The molecule has 6 heteroatoms. The minimum atomic E-state index is -0.00435. The summed E-state index contributed by atoms with van der Waals surface area (Å²) in [5, 5.41) is 8.79. The number of rotatable bonds is 6. The molecule has 3 aromatic rings. The smallest absolute Gasteiger partial charge is 0.254 e. The Morgan fingerprint density at radius 1 is 1.14 bits per heavy atom. The monoisotopic (exact) mass is 395 g/mol. The zero-order valence-electron chi connectivity index (χ0n) is 15.9. The minimum Gasteiger partial charge on any atom is -0.419 e. The number of hydrogen-bond donors (Lipinski definition) is 0.